The minimum Gasteiger partial charge on any atom is -0.228 e. The Morgan fingerprint density at radius 1 is 0.486 bits per heavy atom. The van der Waals surface area contributed by atoms with E-state index in [0.717, 1.165) is 33.5 Å². The molecule has 0 N–H and O–H groups in total. The smallest absolute Gasteiger partial charge is 0.160 e. The second kappa shape index (κ2) is 7.95. The average molecular weight is 489 g/mol. The maximum absolute atomic E-state index is 5.21. The molecule has 8 rings (SSSR count). The first-order valence-electron chi connectivity index (χ1n) is 12.4. The van der Waals surface area contributed by atoms with E-state index in [4.69, 9.17) is 9.97 Å². The summed E-state index contributed by atoms with van der Waals surface area (Å²) in [5.41, 5.74) is 4.06. The highest BCUT2D eigenvalue weighted by atomic mass is 32.1. The van der Waals surface area contributed by atoms with Crippen LogP contribution in [0.4, 0.5) is 0 Å². The molecule has 0 bridgehead atoms. The Kier molecular flexibility index (Phi) is 4.42. The van der Waals surface area contributed by atoms with Crippen LogP contribution in [0.25, 0.3) is 75.3 Å². The fourth-order valence-electron chi connectivity index (χ4n) is 5.48. The Balaban J connectivity index is 1.43. The van der Waals surface area contributed by atoms with E-state index in [0.29, 0.717) is 0 Å². The van der Waals surface area contributed by atoms with Crippen molar-refractivity contribution in [3.8, 4) is 22.6 Å². The van der Waals surface area contributed by atoms with Crippen molar-refractivity contribution in [3.05, 3.63) is 121 Å². The van der Waals surface area contributed by atoms with Crippen LogP contribution in [0.1, 0.15) is 0 Å². The summed E-state index contributed by atoms with van der Waals surface area (Å²) in [5, 5.41) is 8.58. The number of thiophene rings is 1. The highest BCUT2D eigenvalue weighted by Gasteiger charge is 2.15. The van der Waals surface area contributed by atoms with Crippen molar-refractivity contribution < 1.29 is 0 Å². The van der Waals surface area contributed by atoms with Crippen molar-refractivity contribution in [2.45, 2.75) is 0 Å². The molecular formula is C34H20N2S. The molecular weight excluding hydrogens is 468 g/mol. The van der Waals surface area contributed by atoms with Gasteiger partial charge in [0, 0.05) is 42.1 Å². The van der Waals surface area contributed by atoms with Crippen LogP contribution < -0.4 is 0 Å². The van der Waals surface area contributed by atoms with E-state index in [9.17, 15) is 0 Å². The van der Waals surface area contributed by atoms with Gasteiger partial charge in [0.05, 0.1) is 11.2 Å². The van der Waals surface area contributed by atoms with E-state index < -0.39 is 0 Å². The van der Waals surface area contributed by atoms with Crippen LogP contribution in [0.3, 0.4) is 0 Å². The van der Waals surface area contributed by atoms with E-state index in [1.54, 1.807) is 0 Å². The van der Waals surface area contributed by atoms with E-state index in [-0.39, 0.29) is 0 Å². The van der Waals surface area contributed by atoms with Crippen molar-refractivity contribution >= 4 is 64.0 Å². The van der Waals surface area contributed by atoms with Gasteiger partial charge in [-0.15, -0.1) is 11.3 Å². The Labute approximate surface area is 217 Å². The van der Waals surface area contributed by atoms with Crippen molar-refractivity contribution in [2.75, 3.05) is 0 Å². The second-order valence-electron chi connectivity index (χ2n) is 9.42. The molecule has 2 nitrogen and oxygen atoms in total. The largest absolute Gasteiger partial charge is 0.228 e. The van der Waals surface area contributed by atoms with E-state index in [1.807, 2.05) is 17.4 Å². The van der Waals surface area contributed by atoms with Crippen molar-refractivity contribution in [3.63, 3.8) is 0 Å². The summed E-state index contributed by atoms with van der Waals surface area (Å²) in [6.07, 6.45) is 0. The number of aromatic nitrogens is 2. The summed E-state index contributed by atoms with van der Waals surface area (Å²) >= 11 is 1.86. The van der Waals surface area contributed by atoms with Gasteiger partial charge in [0.15, 0.2) is 5.82 Å². The summed E-state index contributed by atoms with van der Waals surface area (Å²) < 4.78 is 2.63. The molecule has 0 aliphatic heterocycles. The van der Waals surface area contributed by atoms with Gasteiger partial charge in [-0.3, -0.25) is 0 Å². The van der Waals surface area contributed by atoms with Gasteiger partial charge in [-0.1, -0.05) is 103 Å². The maximum atomic E-state index is 5.21. The molecule has 0 saturated heterocycles. The third-order valence-corrected chi connectivity index (χ3v) is 8.47. The molecule has 0 aliphatic rings. The number of fused-ring (bicyclic) bond motifs is 8. The molecule has 3 heteroatoms. The average Bonchev–Trinajstić information content (AvgIpc) is 3.36. The predicted octanol–water partition coefficient (Wildman–Crippen LogP) is 9.64. The van der Waals surface area contributed by atoms with Gasteiger partial charge in [0.2, 0.25) is 0 Å². The molecule has 8 aromatic rings. The van der Waals surface area contributed by atoms with Gasteiger partial charge < -0.3 is 0 Å². The molecule has 0 radical (unpaired) electrons. The van der Waals surface area contributed by atoms with Crippen LogP contribution in [0.2, 0.25) is 0 Å². The molecule has 0 aliphatic carbocycles. The molecule has 0 unspecified atom stereocenters. The lowest BCUT2D eigenvalue weighted by atomic mass is 9.99. The standard InChI is InChI=1S/C34H20N2S/c1-2-9-23(10-3-1)32-31-25-11-5-4-8-21(25)17-19-29(31)35-34(36-32)24-15-14-22-16-18-27-26-12-6-7-13-30(26)37-33(27)28(22)20-24/h1-20H. The number of hydrogen-bond acceptors (Lipinski definition) is 3. The van der Waals surface area contributed by atoms with Gasteiger partial charge in [0.1, 0.15) is 0 Å². The fraction of sp³-hybridized carbons (Fsp3) is 0. The number of benzene rings is 6. The molecule has 0 spiro atoms. The lowest BCUT2D eigenvalue weighted by Gasteiger charge is -2.12. The van der Waals surface area contributed by atoms with Crippen LogP contribution in [0.15, 0.2) is 121 Å². The Morgan fingerprint density at radius 3 is 2.14 bits per heavy atom. The zero-order chi connectivity index (χ0) is 24.3. The maximum Gasteiger partial charge on any atom is 0.160 e. The molecule has 37 heavy (non-hydrogen) atoms. The third kappa shape index (κ3) is 3.18. The molecule has 172 valence electrons. The highest BCUT2D eigenvalue weighted by Crippen LogP contribution is 2.40. The summed E-state index contributed by atoms with van der Waals surface area (Å²) in [7, 11) is 0. The van der Waals surface area contributed by atoms with Gasteiger partial charge in [0.25, 0.3) is 0 Å². The quantitative estimate of drug-likeness (QED) is 0.226. The van der Waals surface area contributed by atoms with Crippen LogP contribution >= 0.6 is 11.3 Å². The Hall–Kier alpha value is -4.60. The number of nitrogens with zero attached hydrogens (tertiary/aromatic N) is 2. The van der Waals surface area contributed by atoms with Crippen molar-refractivity contribution in [1.82, 2.24) is 9.97 Å². The molecule has 2 aromatic heterocycles. The minimum absolute atomic E-state index is 0.752. The van der Waals surface area contributed by atoms with E-state index in [1.165, 1.54) is 41.7 Å². The summed E-state index contributed by atoms with van der Waals surface area (Å²) in [6.45, 7) is 0. The van der Waals surface area contributed by atoms with Crippen LogP contribution in [-0.4, -0.2) is 9.97 Å². The first-order chi connectivity index (χ1) is 18.3. The Morgan fingerprint density at radius 2 is 1.22 bits per heavy atom. The first kappa shape index (κ1) is 20.6. The van der Waals surface area contributed by atoms with Gasteiger partial charge in [-0.05, 0) is 34.4 Å². The topological polar surface area (TPSA) is 25.8 Å². The first-order valence-corrected chi connectivity index (χ1v) is 13.2. The fourth-order valence-corrected chi connectivity index (χ4v) is 6.71. The van der Waals surface area contributed by atoms with Gasteiger partial charge in [-0.25, -0.2) is 9.97 Å². The normalized spacial score (nSPS) is 11.8. The monoisotopic (exact) mass is 488 g/mol. The lowest BCUT2D eigenvalue weighted by molar-refractivity contribution is 1.23. The summed E-state index contributed by atoms with van der Waals surface area (Å²) in [5.74, 6) is 0.752. The van der Waals surface area contributed by atoms with Gasteiger partial charge in [-0.2, -0.15) is 0 Å². The van der Waals surface area contributed by atoms with Crippen LogP contribution in [0.5, 0.6) is 0 Å². The molecule has 0 amide bonds. The molecule has 0 atom stereocenters. The zero-order valence-corrected chi connectivity index (χ0v) is 20.7. The third-order valence-electron chi connectivity index (χ3n) is 7.25. The molecule has 0 fully saturated rings. The minimum atomic E-state index is 0.752. The second-order valence-corrected chi connectivity index (χ2v) is 10.5. The van der Waals surface area contributed by atoms with Crippen molar-refractivity contribution in [1.29, 1.82) is 0 Å². The van der Waals surface area contributed by atoms with E-state index >= 15 is 0 Å². The Bertz CT molecular complexity index is 2140. The number of hydrogen-bond donors (Lipinski definition) is 0. The summed E-state index contributed by atoms with van der Waals surface area (Å²) in [6, 6.07) is 43.0. The zero-order valence-electron chi connectivity index (χ0n) is 19.8. The van der Waals surface area contributed by atoms with Gasteiger partial charge >= 0.3 is 0 Å². The number of rotatable bonds is 2. The molecule has 6 aromatic carbocycles. The van der Waals surface area contributed by atoms with Crippen LogP contribution in [0, 0.1) is 0 Å². The lowest BCUT2D eigenvalue weighted by Crippen LogP contribution is -1.96. The van der Waals surface area contributed by atoms with E-state index in [2.05, 4.69) is 115 Å². The van der Waals surface area contributed by atoms with Crippen molar-refractivity contribution in [2.24, 2.45) is 0 Å². The SMILES string of the molecule is c1ccc(-c2nc(-c3ccc4ccc5c6ccccc6sc5c4c3)nc3ccc4ccccc4c23)cc1. The molecule has 0 saturated carbocycles. The molecule has 2 heterocycles. The predicted molar refractivity (Wildman–Crippen MR) is 158 cm³/mol. The highest BCUT2D eigenvalue weighted by molar-refractivity contribution is 7.26. The van der Waals surface area contributed by atoms with Crippen LogP contribution in [-0.2, 0) is 0 Å². The summed E-state index contributed by atoms with van der Waals surface area (Å²) in [4.78, 5) is 10.3.